The van der Waals surface area contributed by atoms with Gasteiger partial charge in [-0.25, -0.2) is 4.98 Å². The first-order valence-electron chi connectivity index (χ1n) is 3.99. The zero-order valence-corrected chi connectivity index (χ0v) is 8.61. The third kappa shape index (κ3) is 1.95. The second-order valence-electron chi connectivity index (χ2n) is 2.94. The van der Waals surface area contributed by atoms with Gasteiger partial charge in [-0.3, -0.25) is 0 Å². The zero-order chi connectivity index (χ0) is 9.14. The first-order chi connectivity index (χ1) is 5.65. The molecule has 2 N–H and O–H groups in total. The molecule has 3 nitrogen and oxygen atoms in total. The molecule has 4 heteroatoms. The molecule has 0 radical (unpaired) electrons. The number of hydrogen-bond acceptors (Lipinski definition) is 4. The lowest BCUT2D eigenvalue weighted by molar-refractivity contribution is 0.968. The summed E-state index contributed by atoms with van der Waals surface area (Å²) in [5, 5.41) is 1.07. The summed E-state index contributed by atoms with van der Waals surface area (Å²) in [6.07, 6.45) is 0.942. The Morgan fingerprint density at radius 2 is 2.17 bits per heavy atom. The molecule has 0 atom stereocenters. The third-order valence-corrected chi connectivity index (χ3v) is 3.02. The van der Waals surface area contributed by atoms with Crippen LogP contribution in [0.1, 0.15) is 10.6 Å². The van der Waals surface area contributed by atoms with Crippen molar-refractivity contribution < 1.29 is 0 Å². The van der Waals surface area contributed by atoms with E-state index in [1.54, 1.807) is 11.3 Å². The monoisotopic (exact) mass is 185 g/mol. The van der Waals surface area contributed by atoms with Gasteiger partial charge in [0.15, 0.2) is 5.13 Å². The van der Waals surface area contributed by atoms with Gasteiger partial charge in [0.1, 0.15) is 0 Å². The van der Waals surface area contributed by atoms with Gasteiger partial charge >= 0.3 is 0 Å². The Hall–Kier alpha value is -0.610. The van der Waals surface area contributed by atoms with E-state index < -0.39 is 0 Å². The van der Waals surface area contributed by atoms with Gasteiger partial charge < -0.3 is 10.6 Å². The minimum Gasteiger partial charge on any atom is -0.354 e. The average molecular weight is 185 g/mol. The molecule has 0 aromatic carbocycles. The number of thiazole rings is 1. The Labute approximate surface area is 77.2 Å². The summed E-state index contributed by atoms with van der Waals surface area (Å²) < 4.78 is 0. The van der Waals surface area contributed by atoms with Crippen LogP contribution in [0.5, 0.6) is 0 Å². The van der Waals surface area contributed by atoms with Crippen LogP contribution in [0, 0.1) is 6.92 Å². The largest absolute Gasteiger partial charge is 0.354 e. The van der Waals surface area contributed by atoms with E-state index in [-0.39, 0.29) is 0 Å². The summed E-state index contributed by atoms with van der Waals surface area (Å²) in [5.74, 6) is 0. The normalized spacial score (nSPS) is 10.3. The summed E-state index contributed by atoms with van der Waals surface area (Å²) in [5.41, 5.74) is 6.60. The number of nitrogens with two attached hydrogens (primary N) is 1. The van der Waals surface area contributed by atoms with Gasteiger partial charge in [0.25, 0.3) is 0 Å². The molecule has 1 aromatic heterocycles. The molecule has 0 saturated carbocycles. The van der Waals surface area contributed by atoms with Crippen molar-refractivity contribution >= 4 is 16.5 Å². The van der Waals surface area contributed by atoms with Crippen molar-refractivity contribution in [3.05, 3.63) is 10.6 Å². The highest BCUT2D eigenvalue weighted by molar-refractivity contribution is 7.15. The number of nitrogens with zero attached hydrogens (tertiary/aromatic N) is 2. The molecular weight excluding hydrogens is 170 g/mol. The van der Waals surface area contributed by atoms with Crippen molar-refractivity contribution in [2.24, 2.45) is 5.73 Å². The minimum atomic E-state index is 0.704. The molecule has 12 heavy (non-hydrogen) atoms. The maximum absolute atomic E-state index is 5.48. The van der Waals surface area contributed by atoms with Crippen LogP contribution in [0.4, 0.5) is 5.13 Å². The van der Waals surface area contributed by atoms with Gasteiger partial charge in [0, 0.05) is 19.0 Å². The van der Waals surface area contributed by atoms with E-state index in [9.17, 15) is 0 Å². The molecule has 1 rings (SSSR count). The lowest BCUT2D eigenvalue weighted by Crippen LogP contribution is -2.07. The molecule has 1 aromatic rings. The summed E-state index contributed by atoms with van der Waals surface area (Å²) in [6, 6.07) is 0. The van der Waals surface area contributed by atoms with Crippen LogP contribution in [0.25, 0.3) is 0 Å². The first kappa shape index (κ1) is 9.48. The van der Waals surface area contributed by atoms with Gasteiger partial charge in [-0.2, -0.15) is 0 Å². The predicted octanol–water partition coefficient (Wildman–Crippen LogP) is 1.02. The number of aryl methyl sites for hydroxylation is 1. The summed E-state index contributed by atoms with van der Waals surface area (Å²) in [4.78, 5) is 7.75. The summed E-state index contributed by atoms with van der Waals surface area (Å²) >= 11 is 1.73. The molecular formula is C8H15N3S. The van der Waals surface area contributed by atoms with E-state index in [2.05, 4.69) is 4.98 Å². The highest BCUT2D eigenvalue weighted by atomic mass is 32.1. The van der Waals surface area contributed by atoms with E-state index in [4.69, 9.17) is 5.73 Å². The number of hydrogen-bond donors (Lipinski definition) is 1. The minimum absolute atomic E-state index is 0.704. The van der Waals surface area contributed by atoms with E-state index in [1.807, 2.05) is 25.9 Å². The molecule has 0 amide bonds. The third-order valence-electron chi connectivity index (χ3n) is 1.64. The molecule has 0 unspecified atom stereocenters. The Balaban J connectivity index is 2.85. The van der Waals surface area contributed by atoms with Gasteiger partial charge in [-0.15, -0.1) is 11.3 Å². The smallest absolute Gasteiger partial charge is 0.185 e. The number of aromatic nitrogens is 1. The summed E-state index contributed by atoms with van der Waals surface area (Å²) in [6.45, 7) is 2.74. The van der Waals surface area contributed by atoms with Gasteiger partial charge in [-0.1, -0.05) is 0 Å². The van der Waals surface area contributed by atoms with Crippen LogP contribution >= 0.6 is 11.3 Å². The van der Waals surface area contributed by atoms with Crippen molar-refractivity contribution in [3.63, 3.8) is 0 Å². The highest BCUT2D eigenvalue weighted by Gasteiger charge is 2.07. The first-order valence-corrected chi connectivity index (χ1v) is 4.80. The van der Waals surface area contributed by atoms with Crippen molar-refractivity contribution in [1.82, 2.24) is 4.98 Å². The molecule has 0 spiro atoms. The lowest BCUT2D eigenvalue weighted by atomic mass is 10.3. The van der Waals surface area contributed by atoms with E-state index >= 15 is 0 Å². The van der Waals surface area contributed by atoms with Crippen molar-refractivity contribution in [1.29, 1.82) is 0 Å². The Bertz CT molecular complexity index is 255. The van der Waals surface area contributed by atoms with Crippen LogP contribution in [0.15, 0.2) is 0 Å². The van der Waals surface area contributed by atoms with Crippen molar-refractivity contribution in [2.75, 3.05) is 25.5 Å². The second-order valence-corrected chi connectivity index (χ2v) is 4.00. The average Bonchev–Trinajstić information content (AvgIpc) is 2.34. The highest BCUT2D eigenvalue weighted by Crippen LogP contribution is 2.24. The van der Waals surface area contributed by atoms with Crippen LogP contribution in [0.2, 0.25) is 0 Å². The SMILES string of the molecule is Cc1nc(N(C)C)sc1CCN. The van der Waals surface area contributed by atoms with Gasteiger partial charge in [0.05, 0.1) is 5.69 Å². The summed E-state index contributed by atoms with van der Waals surface area (Å²) in [7, 11) is 4.01. The Morgan fingerprint density at radius 1 is 1.50 bits per heavy atom. The molecule has 1 heterocycles. The topological polar surface area (TPSA) is 42.2 Å². The maximum atomic E-state index is 5.48. The van der Waals surface area contributed by atoms with Crippen LogP contribution in [-0.4, -0.2) is 25.6 Å². The zero-order valence-electron chi connectivity index (χ0n) is 7.79. The quantitative estimate of drug-likeness (QED) is 0.764. The fraction of sp³-hybridized carbons (Fsp3) is 0.625. The fourth-order valence-electron chi connectivity index (χ4n) is 0.967. The van der Waals surface area contributed by atoms with Gasteiger partial charge in [0.2, 0.25) is 0 Å². The number of anilines is 1. The van der Waals surface area contributed by atoms with E-state index in [1.165, 1.54) is 4.88 Å². The Morgan fingerprint density at radius 3 is 2.58 bits per heavy atom. The molecule has 68 valence electrons. The van der Waals surface area contributed by atoms with Gasteiger partial charge in [-0.05, 0) is 19.9 Å². The number of rotatable bonds is 3. The molecule has 0 saturated heterocycles. The second kappa shape index (κ2) is 3.87. The van der Waals surface area contributed by atoms with Crippen molar-refractivity contribution in [2.45, 2.75) is 13.3 Å². The molecule has 0 aliphatic carbocycles. The molecule has 0 aliphatic heterocycles. The van der Waals surface area contributed by atoms with E-state index in [0.29, 0.717) is 6.54 Å². The molecule has 0 aliphatic rings. The van der Waals surface area contributed by atoms with Crippen LogP contribution in [0.3, 0.4) is 0 Å². The molecule has 0 bridgehead atoms. The fourth-order valence-corrected chi connectivity index (χ4v) is 1.97. The standard InChI is InChI=1S/C8H15N3S/c1-6-7(4-5-9)12-8(10-6)11(2)3/h4-5,9H2,1-3H3. The maximum Gasteiger partial charge on any atom is 0.185 e. The Kier molecular flexibility index (Phi) is 3.05. The lowest BCUT2D eigenvalue weighted by Gasteiger charge is -2.05. The molecule has 0 fully saturated rings. The van der Waals surface area contributed by atoms with Crippen molar-refractivity contribution in [3.8, 4) is 0 Å². The van der Waals surface area contributed by atoms with E-state index in [0.717, 1.165) is 17.2 Å². The van der Waals surface area contributed by atoms with Crippen LogP contribution in [-0.2, 0) is 6.42 Å². The predicted molar refractivity (Wildman–Crippen MR) is 53.9 cm³/mol. The van der Waals surface area contributed by atoms with Crippen LogP contribution < -0.4 is 10.6 Å².